The lowest BCUT2D eigenvalue weighted by atomic mass is 10.1. The van der Waals surface area contributed by atoms with Crippen LogP contribution in [0.15, 0.2) is 36.5 Å². The highest BCUT2D eigenvalue weighted by atomic mass is 16.2. The Morgan fingerprint density at radius 1 is 1.11 bits per heavy atom. The van der Waals surface area contributed by atoms with Gasteiger partial charge in [-0.1, -0.05) is 12.1 Å². The molecule has 1 atom stereocenters. The summed E-state index contributed by atoms with van der Waals surface area (Å²) < 4.78 is 1.59. The second-order valence-electron chi connectivity index (χ2n) is 6.53. The molecular weight excluding hydrogens is 346 g/mol. The predicted octanol–water partition coefficient (Wildman–Crippen LogP) is 1.97. The highest BCUT2D eigenvalue weighted by molar-refractivity contribution is 6.23. The molecule has 136 valence electrons. The predicted molar refractivity (Wildman–Crippen MR) is 97.5 cm³/mol. The number of imide groups is 1. The van der Waals surface area contributed by atoms with Gasteiger partial charge in [0.25, 0.3) is 11.8 Å². The van der Waals surface area contributed by atoms with Crippen LogP contribution in [0.2, 0.25) is 0 Å². The van der Waals surface area contributed by atoms with E-state index in [0.717, 1.165) is 10.5 Å². The summed E-state index contributed by atoms with van der Waals surface area (Å²) in [5.74, 6) is -0.755. The van der Waals surface area contributed by atoms with Crippen molar-refractivity contribution >= 4 is 29.1 Å². The molecule has 0 saturated heterocycles. The number of benzene rings is 1. The zero-order chi connectivity index (χ0) is 19.3. The van der Waals surface area contributed by atoms with E-state index in [0.29, 0.717) is 28.3 Å². The molecule has 3 heterocycles. The molecule has 0 saturated carbocycles. The molecule has 0 aliphatic carbocycles. The Labute approximate surface area is 154 Å². The van der Waals surface area contributed by atoms with E-state index in [4.69, 9.17) is 0 Å². The van der Waals surface area contributed by atoms with Crippen molar-refractivity contribution in [2.75, 3.05) is 5.32 Å². The minimum absolute atomic E-state index is 0.317. The lowest BCUT2D eigenvalue weighted by Crippen LogP contribution is -2.45. The van der Waals surface area contributed by atoms with Crippen molar-refractivity contribution in [1.29, 1.82) is 0 Å². The fraction of sp³-hybridized carbons (Fsp3) is 0.211. The van der Waals surface area contributed by atoms with Crippen LogP contribution in [0.3, 0.4) is 0 Å². The SMILES string of the molecule is Cc1nc2c(C)cc(NC(=O)C(C)N3C(=O)c4ccccc4C3=O)cn2n1. The highest BCUT2D eigenvalue weighted by Gasteiger charge is 2.40. The van der Waals surface area contributed by atoms with Crippen LogP contribution in [0.1, 0.15) is 39.0 Å². The zero-order valence-corrected chi connectivity index (χ0v) is 15.1. The van der Waals surface area contributed by atoms with Crippen molar-refractivity contribution in [2.24, 2.45) is 0 Å². The van der Waals surface area contributed by atoms with Crippen molar-refractivity contribution in [3.05, 3.63) is 59.0 Å². The second kappa shape index (κ2) is 6.01. The van der Waals surface area contributed by atoms with Crippen LogP contribution >= 0.6 is 0 Å². The van der Waals surface area contributed by atoms with Gasteiger partial charge in [-0.15, -0.1) is 0 Å². The van der Waals surface area contributed by atoms with Crippen LogP contribution in [0, 0.1) is 13.8 Å². The standard InChI is InChI=1S/C19H17N5O3/c1-10-8-13(9-23-16(10)20-12(3)22-23)21-17(25)11(2)24-18(26)14-6-4-5-7-15(14)19(24)27/h4-9,11H,1-3H3,(H,21,25). The summed E-state index contributed by atoms with van der Waals surface area (Å²) >= 11 is 0. The molecule has 3 amide bonds. The number of rotatable bonds is 3. The van der Waals surface area contributed by atoms with Gasteiger partial charge in [0.15, 0.2) is 5.65 Å². The maximum Gasteiger partial charge on any atom is 0.262 e. The van der Waals surface area contributed by atoms with E-state index >= 15 is 0 Å². The number of carbonyl (C=O) groups excluding carboxylic acids is 3. The molecule has 0 radical (unpaired) electrons. The van der Waals surface area contributed by atoms with E-state index < -0.39 is 23.8 Å². The number of fused-ring (bicyclic) bond motifs is 2. The first-order valence-corrected chi connectivity index (χ1v) is 8.48. The fourth-order valence-corrected chi connectivity index (χ4v) is 3.25. The number of aryl methyl sites for hydroxylation is 2. The third-order valence-corrected chi connectivity index (χ3v) is 4.58. The molecule has 0 spiro atoms. The molecule has 0 fully saturated rings. The number of carbonyl (C=O) groups is 3. The molecule has 2 aromatic heterocycles. The van der Waals surface area contributed by atoms with Gasteiger partial charge in [-0.05, 0) is 44.5 Å². The van der Waals surface area contributed by atoms with Crippen LogP contribution in [-0.2, 0) is 4.79 Å². The second-order valence-corrected chi connectivity index (χ2v) is 6.53. The average molecular weight is 363 g/mol. The lowest BCUT2D eigenvalue weighted by Gasteiger charge is -2.21. The van der Waals surface area contributed by atoms with E-state index in [1.54, 1.807) is 48.0 Å². The van der Waals surface area contributed by atoms with Crippen LogP contribution in [0.4, 0.5) is 5.69 Å². The van der Waals surface area contributed by atoms with Gasteiger partial charge in [-0.2, -0.15) is 5.10 Å². The van der Waals surface area contributed by atoms with Gasteiger partial charge >= 0.3 is 0 Å². The average Bonchev–Trinajstić information content (AvgIpc) is 3.13. The van der Waals surface area contributed by atoms with Crippen LogP contribution in [0.25, 0.3) is 5.65 Å². The maximum atomic E-state index is 12.7. The van der Waals surface area contributed by atoms with Gasteiger partial charge in [0.1, 0.15) is 11.9 Å². The maximum absolute atomic E-state index is 12.7. The summed E-state index contributed by atoms with van der Waals surface area (Å²) in [5, 5.41) is 7.01. The van der Waals surface area contributed by atoms with Gasteiger partial charge in [0.2, 0.25) is 5.91 Å². The third kappa shape index (κ3) is 2.66. The molecule has 1 N–H and O–H groups in total. The number of hydrogen-bond acceptors (Lipinski definition) is 5. The van der Waals surface area contributed by atoms with Crippen molar-refractivity contribution in [3.8, 4) is 0 Å². The number of aromatic nitrogens is 3. The van der Waals surface area contributed by atoms with Crippen molar-refractivity contribution in [3.63, 3.8) is 0 Å². The van der Waals surface area contributed by atoms with E-state index in [1.165, 1.54) is 6.92 Å². The van der Waals surface area contributed by atoms with Gasteiger partial charge in [0, 0.05) is 0 Å². The van der Waals surface area contributed by atoms with Crippen LogP contribution in [0.5, 0.6) is 0 Å². The van der Waals surface area contributed by atoms with Crippen molar-refractivity contribution in [2.45, 2.75) is 26.8 Å². The highest BCUT2D eigenvalue weighted by Crippen LogP contribution is 2.25. The first kappa shape index (κ1) is 16.9. The molecule has 8 heteroatoms. The number of nitrogens with zero attached hydrogens (tertiary/aromatic N) is 4. The first-order chi connectivity index (χ1) is 12.9. The number of anilines is 1. The van der Waals surface area contributed by atoms with Crippen LogP contribution in [-0.4, -0.2) is 43.3 Å². The van der Waals surface area contributed by atoms with Gasteiger partial charge in [-0.25, -0.2) is 9.50 Å². The summed E-state index contributed by atoms with van der Waals surface area (Å²) in [5.41, 5.74) is 2.70. The molecule has 4 rings (SSSR count). The molecule has 0 bridgehead atoms. The lowest BCUT2D eigenvalue weighted by molar-refractivity contribution is -0.119. The number of amides is 3. The van der Waals surface area contributed by atoms with Crippen LogP contribution < -0.4 is 5.32 Å². The Kier molecular flexibility index (Phi) is 3.76. The molecular formula is C19H17N5O3. The Morgan fingerprint density at radius 2 is 1.74 bits per heavy atom. The topological polar surface area (TPSA) is 96.7 Å². The summed E-state index contributed by atoms with van der Waals surface area (Å²) in [6.07, 6.45) is 1.65. The summed E-state index contributed by atoms with van der Waals surface area (Å²) in [6.45, 7) is 5.18. The minimum Gasteiger partial charge on any atom is -0.323 e. The minimum atomic E-state index is -0.953. The summed E-state index contributed by atoms with van der Waals surface area (Å²) in [6, 6.07) is 7.38. The summed E-state index contributed by atoms with van der Waals surface area (Å²) in [7, 11) is 0. The van der Waals surface area contributed by atoms with Crippen molar-refractivity contribution in [1.82, 2.24) is 19.5 Å². The van der Waals surface area contributed by atoms with E-state index in [-0.39, 0.29) is 0 Å². The molecule has 27 heavy (non-hydrogen) atoms. The monoisotopic (exact) mass is 363 g/mol. The molecule has 3 aromatic rings. The third-order valence-electron chi connectivity index (χ3n) is 4.58. The molecule has 1 aliphatic heterocycles. The molecule has 1 aromatic carbocycles. The normalized spacial score (nSPS) is 14.6. The van der Waals surface area contributed by atoms with Gasteiger partial charge in [0.05, 0.1) is 23.0 Å². The smallest absolute Gasteiger partial charge is 0.262 e. The quantitative estimate of drug-likeness (QED) is 0.718. The molecule has 1 aliphatic rings. The zero-order valence-electron chi connectivity index (χ0n) is 15.1. The number of pyridine rings is 1. The van der Waals surface area contributed by atoms with Crippen molar-refractivity contribution < 1.29 is 14.4 Å². The largest absolute Gasteiger partial charge is 0.323 e. The first-order valence-electron chi connectivity index (χ1n) is 8.48. The fourth-order valence-electron chi connectivity index (χ4n) is 3.25. The Bertz CT molecular complexity index is 1080. The molecule has 8 nitrogen and oxygen atoms in total. The Hall–Kier alpha value is -3.55. The number of nitrogens with one attached hydrogen (secondary N) is 1. The summed E-state index contributed by atoms with van der Waals surface area (Å²) in [4.78, 5) is 43.1. The molecule has 1 unspecified atom stereocenters. The Balaban J connectivity index is 1.59. The van der Waals surface area contributed by atoms with Gasteiger partial charge < -0.3 is 5.32 Å². The van der Waals surface area contributed by atoms with E-state index in [2.05, 4.69) is 15.4 Å². The van der Waals surface area contributed by atoms with Gasteiger partial charge in [-0.3, -0.25) is 19.3 Å². The van der Waals surface area contributed by atoms with E-state index in [1.807, 2.05) is 6.92 Å². The Morgan fingerprint density at radius 3 is 2.37 bits per heavy atom. The van der Waals surface area contributed by atoms with E-state index in [9.17, 15) is 14.4 Å². The number of hydrogen-bond donors (Lipinski definition) is 1.